The summed E-state index contributed by atoms with van der Waals surface area (Å²) >= 11 is 0. The van der Waals surface area contributed by atoms with E-state index in [2.05, 4.69) is 29.6 Å². The fourth-order valence-corrected chi connectivity index (χ4v) is 5.31. The van der Waals surface area contributed by atoms with E-state index in [-0.39, 0.29) is 30.8 Å². The number of carbonyl (C=O) groups excluding carboxylic acids is 3. The average molecular weight is 486 g/mol. The molecule has 0 spiro atoms. The highest BCUT2D eigenvalue weighted by Crippen LogP contribution is 2.33. The predicted molar refractivity (Wildman–Crippen MR) is 133 cm³/mol. The normalized spacial score (nSPS) is 23.9. The Balaban J connectivity index is 1.24. The molecule has 2 saturated heterocycles. The zero-order valence-corrected chi connectivity index (χ0v) is 21.3. The van der Waals surface area contributed by atoms with Crippen LogP contribution in [0.4, 0.5) is 10.5 Å². The molecule has 1 N–H and O–H groups in total. The van der Waals surface area contributed by atoms with Crippen LogP contribution in [0.5, 0.6) is 0 Å². The summed E-state index contributed by atoms with van der Waals surface area (Å²) in [7, 11) is 0. The first-order valence-corrected chi connectivity index (χ1v) is 13.0. The first-order valence-electron chi connectivity index (χ1n) is 13.0. The van der Waals surface area contributed by atoms with Gasteiger partial charge in [-0.3, -0.25) is 14.5 Å². The van der Waals surface area contributed by atoms with Crippen LogP contribution in [0.25, 0.3) is 0 Å². The quantitative estimate of drug-likeness (QED) is 0.483. The highest BCUT2D eigenvalue weighted by atomic mass is 16.7. The minimum atomic E-state index is -0.629. The molecule has 8 heteroatoms. The summed E-state index contributed by atoms with van der Waals surface area (Å²) in [6.45, 7) is 8.44. The molecule has 1 saturated carbocycles. The number of urea groups is 1. The second kappa shape index (κ2) is 11.0. The monoisotopic (exact) mass is 485 g/mol. The van der Waals surface area contributed by atoms with Gasteiger partial charge >= 0.3 is 18.0 Å². The zero-order chi connectivity index (χ0) is 25.0. The Morgan fingerprint density at radius 2 is 1.60 bits per heavy atom. The standard InChI is InChI=1S/C27H39N3O5/c1-27(2,3)25(32)35-18-34-24(31)21-6-10-23(11-7-21)30-17-16-29(26(30)33)22-8-4-19(5-9-22)20-12-14-28-15-13-20/h4-5,8-9,20-21,23,28H,6-7,10-18H2,1-3H3. The van der Waals surface area contributed by atoms with Gasteiger partial charge in [0.25, 0.3) is 0 Å². The van der Waals surface area contributed by atoms with Crippen LogP contribution in [0, 0.1) is 11.3 Å². The molecule has 1 aliphatic carbocycles. The van der Waals surface area contributed by atoms with Crippen LogP contribution in [-0.4, -0.2) is 61.9 Å². The van der Waals surface area contributed by atoms with Crippen LogP contribution in [0.3, 0.4) is 0 Å². The lowest BCUT2D eigenvalue weighted by atomic mass is 9.85. The number of amides is 2. The summed E-state index contributed by atoms with van der Waals surface area (Å²) < 4.78 is 10.2. The van der Waals surface area contributed by atoms with Gasteiger partial charge < -0.3 is 19.7 Å². The summed E-state index contributed by atoms with van der Waals surface area (Å²) in [5.74, 6) is -0.333. The summed E-state index contributed by atoms with van der Waals surface area (Å²) in [6.07, 6.45) is 5.21. The largest absolute Gasteiger partial charge is 0.428 e. The zero-order valence-electron chi connectivity index (χ0n) is 21.3. The van der Waals surface area contributed by atoms with E-state index >= 15 is 0 Å². The lowest BCUT2D eigenvalue weighted by Gasteiger charge is -2.33. The maximum absolute atomic E-state index is 13.2. The Bertz CT molecular complexity index is 896. The van der Waals surface area contributed by atoms with Crippen molar-refractivity contribution in [3.63, 3.8) is 0 Å². The van der Waals surface area contributed by atoms with E-state index in [0.717, 1.165) is 44.5 Å². The Morgan fingerprint density at radius 3 is 2.23 bits per heavy atom. The topological polar surface area (TPSA) is 88.2 Å². The van der Waals surface area contributed by atoms with Crippen molar-refractivity contribution < 1.29 is 23.9 Å². The van der Waals surface area contributed by atoms with Gasteiger partial charge in [0.05, 0.1) is 11.3 Å². The number of nitrogens with zero attached hydrogens (tertiary/aromatic N) is 2. The molecule has 35 heavy (non-hydrogen) atoms. The molecule has 4 rings (SSSR count). The number of nitrogens with one attached hydrogen (secondary N) is 1. The van der Waals surface area contributed by atoms with Crippen molar-refractivity contribution in [1.82, 2.24) is 10.2 Å². The number of carbonyl (C=O) groups is 3. The highest BCUT2D eigenvalue weighted by Gasteiger charge is 2.38. The molecule has 0 radical (unpaired) electrons. The smallest absolute Gasteiger partial charge is 0.324 e. The van der Waals surface area contributed by atoms with Gasteiger partial charge in [-0.1, -0.05) is 12.1 Å². The van der Waals surface area contributed by atoms with E-state index in [4.69, 9.17) is 9.47 Å². The SMILES string of the molecule is CC(C)(C)C(=O)OCOC(=O)C1CCC(N2CCN(c3ccc(C4CCNCC4)cc3)C2=O)CC1. The third kappa shape index (κ3) is 6.15. The number of esters is 2. The maximum Gasteiger partial charge on any atom is 0.324 e. The fraction of sp³-hybridized carbons (Fsp3) is 0.667. The Kier molecular flexibility index (Phi) is 7.99. The van der Waals surface area contributed by atoms with Crippen molar-refractivity contribution in [2.75, 3.05) is 37.9 Å². The second-order valence-corrected chi connectivity index (χ2v) is 11.0. The fourth-order valence-electron chi connectivity index (χ4n) is 5.31. The molecule has 0 bridgehead atoms. The number of hydrogen-bond acceptors (Lipinski definition) is 6. The molecule has 1 aromatic rings. The van der Waals surface area contributed by atoms with Gasteiger partial charge in [-0.2, -0.15) is 0 Å². The number of benzene rings is 1. The average Bonchev–Trinajstić information content (AvgIpc) is 3.25. The minimum Gasteiger partial charge on any atom is -0.428 e. The maximum atomic E-state index is 13.2. The number of rotatable bonds is 6. The van der Waals surface area contributed by atoms with Crippen molar-refractivity contribution >= 4 is 23.7 Å². The molecule has 3 fully saturated rings. The molecule has 192 valence electrons. The van der Waals surface area contributed by atoms with E-state index < -0.39 is 11.4 Å². The predicted octanol–water partition coefficient (Wildman–Crippen LogP) is 4.04. The van der Waals surface area contributed by atoms with E-state index in [0.29, 0.717) is 31.8 Å². The summed E-state index contributed by atoms with van der Waals surface area (Å²) in [4.78, 5) is 41.2. The Morgan fingerprint density at radius 1 is 0.943 bits per heavy atom. The molecule has 3 aliphatic rings. The molecule has 0 atom stereocenters. The van der Waals surface area contributed by atoms with Crippen LogP contribution in [0.15, 0.2) is 24.3 Å². The lowest BCUT2D eigenvalue weighted by molar-refractivity contribution is -0.176. The number of hydrogen-bond donors (Lipinski definition) is 1. The molecular formula is C27H39N3O5. The lowest BCUT2D eigenvalue weighted by Crippen LogP contribution is -2.42. The van der Waals surface area contributed by atoms with Crippen molar-refractivity contribution in [3.05, 3.63) is 29.8 Å². The molecule has 0 aromatic heterocycles. The highest BCUT2D eigenvalue weighted by molar-refractivity contribution is 5.94. The van der Waals surface area contributed by atoms with Crippen molar-refractivity contribution in [2.24, 2.45) is 11.3 Å². The van der Waals surface area contributed by atoms with Crippen molar-refractivity contribution in [3.8, 4) is 0 Å². The van der Waals surface area contributed by atoms with Gasteiger partial charge in [0.15, 0.2) is 0 Å². The molecule has 0 unspecified atom stereocenters. The number of ether oxygens (including phenoxy) is 2. The van der Waals surface area contributed by atoms with Gasteiger partial charge in [0.2, 0.25) is 6.79 Å². The summed E-state index contributed by atoms with van der Waals surface area (Å²) in [5, 5.41) is 3.41. The number of piperidine rings is 1. The van der Waals surface area contributed by atoms with Gasteiger partial charge in [0.1, 0.15) is 0 Å². The van der Waals surface area contributed by atoms with Crippen LogP contribution in [0.2, 0.25) is 0 Å². The number of anilines is 1. The van der Waals surface area contributed by atoms with Gasteiger partial charge in [-0.15, -0.1) is 0 Å². The summed E-state index contributed by atoms with van der Waals surface area (Å²) in [6, 6.07) is 8.72. The molecule has 2 aliphatic heterocycles. The van der Waals surface area contributed by atoms with Gasteiger partial charge in [0, 0.05) is 24.8 Å². The second-order valence-electron chi connectivity index (χ2n) is 11.0. The molecule has 8 nitrogen and oxygen atoms in total. The molecule has 1 aromatic carbocycles. The van der Waals surface area contributed by atoms with E-state index in [1.165, 1.54) is 5.56 Å². The van der Waals surface area contributed by atoms with E-state index in [1.54, 1.807) is 20.8 Å². The van der Waals surface area contributed by atoms with Gasteiger partial charge in [-0.25, -0.2) is 4.79 Å². The van der Waals surface area contributed by atoms with Crippen LogP contribution in [-0.2, 0) is 19.1 Å². The first kappa shape index (κ1) is 25.5. The molecular weight excluding hydrogens is 446 g/mol. The third-order valence-electron chi connectivity index (χ3n) is 7.53. The van der Waals surface area contributed by atoms with Crippen LogP contribution in [0.1, 0.15) is 70.8 Å². The first-order chi connectivity index (χ1) is 16.7. The van der Waals surface area contributed by atoms with Crippen molar-refractivity contribution in [1.29, 1.82) is 0 Å². The summed E-state index contributed by atoms with van der Waals surface area (Å²) in [5.41, 5.74) is 1.69. The van der Waals surface area contributed by atoms with E-state index in [1.807, 2.05) is 9.80 Å². The van der Waals surface area contributed by atoms with Crippen LogP contribution >= 0.6 is 0 Å². The third-order valence-corrected chi connectivity index (χ3v) is 7.53. The molecule has 2 amide bonds. The van der Waals surface area contributed by atoms with Crippen molar-refractivity contribution in [2.45, 2.75) is 71.3 Å². The minimum absolute atomic E-state index is 0.0553. The Hall–Kier alpha value is -2.61. The Labute approximate surface area is 208 Å². The van der Waals surface area contributed by atoms with E-state index in [9.17, 15) is 14.4 Å². The molecule has 2 heterocycles. The van der Waals surface area contributed by atoms with Gasteiger partial charge in [-0.05, 0) is 96.0 Å². The van der Waals surface area contributed by atoms with Crippen LogP contribution < -0.4 is 10.2 Å².